The summed E-state index contributed by atoms with van der Waals surface area (Å²) in [5, 5.41) is 0. The van der Waals surface area contributed by atoms with Gasteiger partial charge in [-0.3, -0.25) is 0 Å². The van der Waals surface area contributed by atoms with E-state index in [0.29, 0.717) is 15.1 Å². The molecule has 0 aliphatic rings. The summed E-state index contributed by atoms with van der Waals surface area (Å²) < 4.78 is 0.567. The molecule has 0 aromatic heterocycles. The Bertz CT molecular complexity index is 152. The van der Waals surface area contributed by atoms with E-state index in [1.807, 2.05) is 22.6 Å². The van der Waals surface area contributed by atoms with Crippen LogP contribution in [0.1, 0.15) is 6.92 Å². The highest BCUT2D eigenvalue weighted by Gasteiger charge is 1.88. The monoisotopic (exact) mass is 239 g/mol. The Morgan fingerprint density at radius 3 is 1.89 bits per heavy atom. The van der Waals surface area contributed by atoms with Gasteiger partial charge in [-0.1, -0.05) is 0 Å². The van der Waals surface area contributed by atoms with Gasteiger partial charge in [0.2, 0.25) is 0 Å². The molecule has 0 amide bonds. The second-order valence-corrected chi connectivity index (χ2v) is 2.85. The zero-order chi connectivity index (χ0) is 7.44. The predicted octanol–water partition coefficient (Wildman–Crippen LogP) is 0.370. The van der Waals surface area contributed by atoms with Gasteiger partial charge in [0.15, 0.2) is 0 Å². The molecule has 52 valence electrons. The molecule has 0 bridgehead atoms. The minimum atomic E-state index is 0.524. The second kappa shape index (κ2) is 3.60. The largest absolute Gasteiger partial charge is 0.402 e. The lowest BCUT2D eigenvalue weighted by Gasteiger charge is -1.94. The van der Waals surface area contributed by atoms with E-state index in [-0.39, 0.29) is 0 Å². The molecule has 0 aliphatic carbocycles. The third-order valence-corrected chi connectivity index (χ3v) is 1.28. The van der Waals surface area contributed by atoms with Crippen molar-refractivity contribution in [2.75, 3.05) is 0 Å². The Balaban J connectivity index is 4.25. The molecule has 0 spiro atoms. The molecule has 0 saturated carbocycles. The van der Waals surface area contributed by atoms with E-state index >= 15 is 0 Å². The number of hydrogen-bond acceptors (Lipinski definition) is 3. The van der Waals surface area contributed by atoms with E-state index in [1.54, 1.807) is 13.0 Å². The molecule has 0 aliphatic heterocycles. The maximum atomic E-state index is 5.41. The summed E-state index contributed by atoms with van der Waals surface area (Å²) in [4.78, 5) is 0. The number of rotatable bonds is 1. The highest BCUT2D eigenvalue weighted by atomic mass is 127. The quantitative estimate of drug-likeness (QED) is 0.351. The van der Waals surface area contributed by atoms with Crippen LogP contribution in [0, 0.1) is 0 Å². The van der Waals surface area contributed by atoms with Crippen LogP contribution in [0.4, 0.5) is 0 Å². The highest BCUT2D eigenvalue weighted by molar-refractivity contribution is 14.1. The third kappa shape index (κ3) is 4.14. The zero-order valence-corrected chi connectivity index (χ0v) is 7.34. The first-order valence-electron chi connectivity index (χ1n) is 2.38. The fraction of sp³-hybridized carbons (Fsp3) is 0.200. The molecule has 0 rings (SSSR count). The first-order chi connectivity index (χ1) is 4.04. The van der Waals surface area contributed by atoms with Crippen molar-refractivity contribution in [3.63, 3.8) is 0 Å². The lowest BCUT2D eigenvalue weighted by Crippen LogP contribution is -2.04. The molecule has 0 atom stereocenters. The van der Waals surface area contributed by atoms with Gasteiger partial charge in [0.05, 0.1) is 9.40 Å². The van der Waals surface area contributed by atoms with Gasteiger partial charge < -0.3 is 17.2 Å². The maximum absolute atomic E-state index is 5.41. The summed E-state index contributed by atoms with van der Waals surface area (Å²) in [7, 11) is 0. The Kier molecular flexibility index (Phi) is 3.44. The average molecular weight is 239 g/mol. The van der Waals surface area contributed by atoms with Crippen LogP contribution in [0.15, 0.2) is 21.2 Å². The standard InChI is InChI=1S/C5H10IN3/c1-3(7)2-4(8)5(6)9/h2H,7-9H2,1H3/b3-2-,5-4-. The minimum absolute atomic E-state index is 0.524. The van der Waals surface area contributed by atoms with Crippen molar-refractivity contribution in [3.05, 3.63) is 21.2 Å². The predicted molar refractivity (Wildman–Crippen MR) is 47.4 cm³/mol. The smallest absolute Gasteiger partial charge is 0.0939 e. The van der Waals surface area contributed by atoms with Crippen LogP contribution in [0.2, 0.25) is 0 Å². The van der Waals surface area contributed by atoms with E-state index in [0.717, 1.165) is 0 Å². The van der Waals surface area contributed by atoms with E-state index in [2.05, 4.69) is 0 Å². The van der Waals surface area contributed by atoms with Crippen LogP contribution in [-0.4, -0.2) is 0 Å². The summed E-state index contributed by atoms with van der Waals surface area (Å²) in [6.07, 6.45) is 1.63. The van der Waals surface area contributed by atoms with E-state index in [4.69, 9.17) is 17.2 Å². The van der Waals surface area contributed by atoms with Crippen LogP contribution >= 0.6 is 22.6 Å². The van der Waals surface area contributed by atoms with Crippen molar-refractivity contribution < 1.29 is 0 Å². The fourth-order valence-corrected chi connectivity index (χ4v) is 0.470. The molecule has 0 unspecified atom stereocenters. The molecule has 0 radical (unpaired) electrons. The summed E-state index contributed by atoms with van der Waals surface area (Å²) in [6.45, 7) is 1.76. The molecular formula is C5H10IN3. The Labute approximate surface area is 68.1 Å². The fourth-order valence-electron chi connectivity index (χ4n) is 0.314. The summed E-state index contributed by atoms with van der Waals surface area (Å²) in [5.74, 6) is 0. The van der Waals surface area contributed by atoms with Crippen LogP contribution in [0.3, 0.4) is 0 Å². The topological polar surface area (TPSA) is 78.1 Å². The normalized spacial score (nSPS) is 15.1. The lowest BCUT2D eigenvalue weighted by atomic mass is 10.4. The molecule has 6 N–H and O–H groups in total. The van der Waals surface area contributed by atoms with Crippen molar-refractivity contribution >= 4 is 22.6 Å². The molecular weight excluding hydrogens is 229 g/mol. The van der Waals surface area contributed by atoms with Crippen LogP contribution in [0.25, 0.3) is 0 Å². The van der Waals surface area contributed by atoms with E-state index in [9.17, 15) is 0 Å². The Morgan fingerprint density at radius 2 is 1.78 bits per heavy atom. The van der Waals surface area contributed by atoms with Gasteiger partial charge in [-0.15, -0.1) is 0 Å². The number of allylic oxidation sites excluding steroid dienone is 2. The van der Waals surface area contributed by atoms with Crippen molar-refractivity contribution in [2.45, 2.75) is 6.92 Å². The first kappa shape index (κ1) is 8.61. The summed E-state index contributed by atoms with van der Waals surface area (Å²) >= 11 is 1.93. The SMILES string of the molecule is C/C(N)=C/C(N)=C(/N)I. The van der Waals surface area contributed by atoms with Gasteiger partial charge in [0, 0.05) is 5.70 Å². The molecule has 9 heavy (non-hydrogen) atoms. The highest BCUT2D eigenvalue weighted by Crippen LogP contribution is 2.01. The number of nitrogens with two attached hydrogens (primary N) is 3. The lowest BCUT2D eigenvalue weighted by molar-refractivity contribution is 1.26. The number of halogens is 1. The first-order valence-corrected chi connectivity index (χ1v) is 3.46. The number of hydrogen-bond donors (Lipinski definition) is 3. The van der Waals surface area contributed by atoms with Gasteiger partial charge in [-0.25, -0.2) is 0 Å². The zero-order valence-electron chi connectivity index (χ0n) is 5.19. The van der Waals surface area contributed by atoms with E-state index < -0.39 is 0 Å². The molecule has 4 heteroatoms. The van der Waals surface area contributed by atoms with Crippen LogP contribution in [0.5, 0.6) is 0 Å². The van der Waals surface area contributed by atoms with Gasteiger partial charge >= 0.3 is 0 Å². The maximum Gasteiger partial charge on any atom is 0.0939 e. The Hall–Kier alpha value is -0.390. The van der Waals surface area contributed by atoms with Crippen LogP contribution in [-0.2, 0) is 0 Å². The summed E-state index contributed by atoms with van der Waals surface area (Å²) in [6, 6.07) is 0. The average Bonchev–Trinajstić information content (AvgIpc) is 1.63. The van der Waals surface area contributed by atoms with Crippen molar-refractivity contribution in [1.29, 1.82) is 0 Å². The van der Waals surface area contributed by atoms with Gasteiger partial charge in [0.1, 0.15) is 0 Å². The Morgan fingerprint density at radius 1 is 1.33 bits per heavy atom. The van der Waals surface area contributed by atoms with Gasteiger partial charge in [0.25, 0.3) is 0 Å². The minimum Gasteiger partial charge on any atom is -0.402 e. The molecule has 0 fully saturated rings. The van der Waals surface area contributed by atoms with Gasteiger partial charge in [-0.05, 0) is 35.6 Å². The molecule has 0 aromatic carbocycles. The van der Waals surface area contributed by atoms with Gasteiger partial charge in [-0.2, -0.15) is 0 Å². The molecule has 3 nitrogen and oxygen atoms in total. The molecule has 0 saturated heterocycles. The third-order valence-electron chi connectivity index (χ3n) is 0.659. The van der Waals surface area contributed by atoms with Crippen molar-refractivity contribution in [2.24, 2.45) is 17.2 Å². The summed E-state index contributed by atoms with van der Waals surface area (Å²) in [5.41, 5.74) is 17.2. The molecule has 0 aromatic rings. The van der Waals surface area contributed by atoms with E-state index in [1.165, 1.54) is 0 Å². The van der Waals surface area contributed by atoms with Crippen molar-refractivity contribution in [1.82, 2.24) is 0 Å². The van der Waals surface area contributed by atoms with Crippen LogP contribution < -0.4 is 17.2 Å². The second-order valence-electron chi connectivity index (χ2n) is 1.69. The molecule has 0 heterocycles. The van der Waals surface area contributed by atoms with Crippen molar-refractivity contribution in [3.8, 4) is 0 Å².